The van der Waals surface area contributed by atoms with Gasteiger partial charge in [0.15, 0.2) is 0 Å². The fourth-order valence-corrected chi connectivity index (χ4v) is 1.32. The number of ether oxygens (including phenoxy) is 2. The highest BCUT2D eigenvalue weighted by molar-refractivity contribution is 4.50. The molecule has 17 heavy (non-hydrogen) atoms. The minimum absolute atomic E-state index is 0.736. The lowest BCUT2D eigenvalue weighted by Crippen LogP contribution is -2.27. The summed E-state index contributed by atoms with van der Waals surface area (Å²) in [5.41, 5.74) is 0. The van der Waals surface area contributed by atoms with Gasteiger partial charge >= 0.3 is 0 Å². The molecule has 0 atom stereocenters. The van der Waals surface area contributed by atoms with Crippen LogP contribution in [0.5, 0.6) is 0 Å². The second-order valence-electron chi connectivity index (χ2n) is 5.06. The molecule has 0 aliphatic heterocycles. The van der Waals surface area contributed by atoms with E-state index in [-0.39, 0.29) is 0 Å². The van der Waals surface area contributed by atoms with Crippen molar-refractivity contribution in [1.82, 2.24) is 4.90 Å². The molecular formula is C14H31NO2. The molecule has 0 aromatic rings. The smallest absolute Gasteiger partial charge is 0.0593 e. The second-order valence-corrected chi connectivity index (χ2v) is 5.06. The molecule has 0 amide bonds. The van der Waals surface area contributed by atoms with Gasteiger partial charge < -0.3 is 14.4 Å². The summed E-state index contributed by atoms with van der Waals surface area (Å²) in [6, 6.07) is 0. The Morgan fingerprint density at radius 3 is 2.06 bits per heavy atom. The summed E-state index contributed by atoms with van der Waals surface area (Å²) in [5.74, 6) is 0.736. The van der Waals surface area contributed by atoms with E-state index in [1.165, 1.54) is 12.8 Å². The topological polar surface area (TPSA) is 21.7 Å². The van der Waals surface area contributed by atoms with Crippen LogP contribution in [0.3, 0.4) is 0 Å². The Morgan fingerprint density at radius 1 is 0.941 bits per heavy atom. The van der Waals surface area contributed by atoms with Gasteiger partial charge in [-0.25, -0.2) is 0 Å². The highest BCUT2D eigenvalue weighted by Crippen LogP contribution is 1.98. The quantitative estimate of drug-likeness (QED) is 0.494. The summed E-state index contributed by atoms with van der Waals surface area (Å²) in [4.78, 5) is 2.27. The van der Waals surface area contributed by atoms with Crippen molar-refractivity contribution in [3.05, 3.63) is 0 Å². The highest BCUT2D eigenvalue weighted by atomic mass is 16.5. The van der Waals surface area contributed by atoms with Crippen molar-refractivity contribution in [3.63, 3.8) is 0 Å². The molecule has 0 aliphatic carbocycles. The zero-order valence-corrected chi connectivity index (χ0v) is 12.2. The number of hydrogen-bond acceptors (Lipinski definition) is 3. The molecule has 0 saturated heterocycles. The van der Waals surface area contributed by atoms with Gasteiger partial charge in [0, 0.05) is 26.3 Å². The number of rotatable bonds is 12. The lowest BCUT2D eigenvalue weighted by Gasteiger charge is -2.16. The van der Waals surface area contributed by atoms with E-state index in [1.807, 2.05) is 0 Å². The van der Waals surface area contributed by atoms with E-state index in [0.717, 1.165) is 51.9 Å². The highest BCUT2D eigenvalue weighted by Gasteiger charge is 1.99. The van der Waals surface area contributed by atoms with E-state index >= 15 is 0 Å². The molecule has 3 nitrogen and oxygen atoms in total. The third-order valence-corrected chi connectivity index (χ3v) is 2.72. The van der Waals surface area contributed by atoms with Crippen LogP contribution in [-0.2, 0) is 9.47 Å². The Kier molecular flexibility index (Phi) is 12.3. The Balaban J connectivity index is 3.14. The Labute approximate surface area is 107 Å². The van der Waals surface area contributed by atoms with E-state index in [4.69, 9.17) is 9.47 Å². The van der Waals surface area contributed by atoms with Gasteiger partial charge in [-0.1, -0.05) is 27.2 Å². The molecule has 0 rings (SSSR count). The number of nitrogens with zero attached hydrogens (tertiary/aromatic N) is 1. The van der Waals surface area contributed by atoms with Crippen molar-refractivity contribution in [2.24, 2.45) is 5.92 Å². The first-order valence-electron chi connectivity index (χ1n) is 7.00. The molecule has 0 unspecified atom stereocenters. The second kappa shape index (κ2) is 12.3. The fourth-order valence-electron chi connectivity index (χ4n) is 1.32. The van der Waals surface area contributed by atoms with Crippen LogP contribution in [0.1, 0.15) is 40.0 Å². The average molecular weight is 245 g/mol. The SMILES string of the molecule is CCCCOCCN(C)CCOCCC(C)C. The minimum atomic E-state index is 0.736. The monoisotopic (exact) mass is 245 g/mol. The van der Waals surface area contributed by atoms with Gasteiger partial charge in [0.05, 0.1) is 13.2 Å². The van der Waals surface area contributed by atoms with Gasteiger partial charge in [-0.3, -0.25) is 0 Å². The van der Waals surface area contributed by atoms with Gasteiger partial charge in [-0.05, 0) is 25.8 Å². The van der Waals surface area contributed by atoms with Crippen molar-refractivity contribution in [2.45, 2.75) is 40.0 Å². The molecule has 0 saturated carbocycles. The lowest BCUT2D eigenvalue weighted by molar-refractivity contribution is 0.0797. The molecule has 0 fully saturated rings. The van der Waals surface area contributed by atoms with Crippen molar-refractivity contribution in [3.8, 4) is 0 Å². The molecule has 0 heterocycles. The van der Waals surface area contributed by atoms with Crippen LogP contribution in [0.2, 0.25) is 0 Å². The average Bonchev–Trinajstić information content (AvgIpc) is 2.28. The normalized spacial score (nSPS) is 11.6. The van der Waals surface area contributed by atoms with Crippen LogP contribution in [0, 0.1) is 5.92 Å². The summed E-state index contributed by atoms with van der Waals surface area (Å²) in [6.07, 6.45) is 3.53. The van der Waals surface area contributed by atoms with Gasteiger partial charge in [0.25, 0.3) is 0 Å². The molecule has 0 bridgehead atoms. The first-order valence-corrected chi connectivity index (χ1v) is 7.00. The summed E-state index contributed by atoms with van der Waals surface area (Å²) in [6.45, 7) is 12.1. The molecule has 0 aromatic carbocycles. The summed E-state index contributed by atoms with van der Waals surface area (Å²) in [7, 11) is 2.12. The standard InChI is InChI=1S/C14H31NO2/c1-5-6-10-16-12-8-15(4)9-13-17-11-7-14(2)3/h14H,5-13H2,1-4H3. The predicted molar refractivity (Wildman–Crippen MR) is 73.5 cm³/mol. The van der Waals surface area contributed by atoms with Crippen LogP contribution in [0.25, 0.3) is 0 Å². The van der Waals surface area contributed by atoms with E-state index in [2.05, 4.69) is 32.7 Å². The molecule has 0 aliphatic rings. The Bertz CT molecular complexity index is 151. The van der Waals surface area contributed by atoms with Gasteiger partial charge in [0.1, 0.15) is 0 Å². The lowest BCUT2D eigenvalue weighted by atomic mass is 10.1. The van der Waals surface area contributed by atoms with Crippen molar-refractivity contribution in [1.29, 1.82) is 0 Å². The third-order valence-electron chi connectivity index (χ3n) is 2.72. The van der Waals surface area contributed by atoms with Crippen LogP contribution in [0.15, 0.2) is 0 Å². The summed E-state index contributed by atoms with van der Waals surface area (Å²) >= 11 is 0. The molecule has 0 aromatic heterocycles. The van der Waals surface area contributed by atoms with E-state index < -0.39 is 0 Å². The molecule has 0 radical (unpaired) electrons. The maximum atomic E-state index is 5.58. The van der Waals surface area contributed by atoms with Crippen LogP contribution in [-0.4, -0.2) is 51.5 Å². The van der Waals surface area contributed by atoms with E-state index in [1.54, 1.807) is 0 Å². The first kappa shape index (κ1) is 16.9. The zero-order valence-electron chi connectivity index (χ0n) is 12.2. The minimum Gasteiger partial charge on any atom is -0.380 e. The summed E-state index contributed by atoms with van der Waals surface area (Å²) in [5, 5.41) is 0. The van der Waals surface area contributed by atoms with Gasteiger partial charge in [-0.2, -0.15) is 0 Å². The van der Waals surface area contributed by atoms with E-state index in [9.17, 15) is 0 Å². The molecule has 0 N–H and O–H groups in total. The Hall–Kier alpha value is -0.120. The van der Waals surface area contributed by atoms with Gasteiger partial charge in [0.2, 0.25) is 0 Å². The molecule has 104 valence electrons. The van der Waals surface area contributed by atoms with Crippen molar-refractivity contribution < 1.29 is 9.47 Å². The Morgan fingerprint density at radius 2 is 1.53 bits per heavy atom. The maximum Gasteiger partial charge on any atom is 0.0593 e. The van der Waals surface area contributed by atoms with Crippen LogP contribution >= 0.6 is 0 Å². The number of unbranched alkanes of at least 4 members (excludes halogenated alkanes) is 1. The fraction of sp³-hybridized carbons (Fsp3) is 1.00. The number of likely N-dealkylation sites (N-methyl/N-ethyl adjacent to an activating group) is 1. The van der Waals surface area contributed by atoms with Crippen LogP contribution < -0.4 is 0 Å². The first-order chi connectivity index (χ1) is 8.16. The van der Waals surface area contributed by atoms with E-state index in [0.29, 0.717) is 0 Å². The maximum absolute atomic E-state index is 5.58. The van der Waals surface area contributed by atoms with Gasteiger partial charge in [-0.15, -0.1) is 0 Å². The van der Waals surface area contributed by atoms with Crippen molar-refractivity contribution in [2.75, 3.05) is 46.6 Å². The number of hydrogen-bond donors (Lipinski definition) is 0. The van der Waals surface area contributed by atoms with Crippen LogP contribution in [0.4, 0.5) is 0 Å². The largest absolute Gasteiger partial charge is 0.380 e. The zero-order chi connectivity index (χ0) is 12.9. The summed E-state index contributed by atoms with van der Waals surface area (Å²) < 4.78 is 11.1. The van der Waals surface area contributed by atoms with Crippen molar-refractivity contribution >= 4 is 0 Å². The molecule has 0 spiro atoms. The molecular weight excluding hydrogens is 214 g/mol. The third kappa shape index (κ3) is 13.8. The molecule has 3 heteroatoms. The predicted octanol–water partition coefficient (Wildman–Crippen LogP) is 2.80.